The molecule has 0 radical (unpaired) electrons. The minimum Gasteiger partial charge on any atom is -0.347 e. The van der Waals surface area contributed by atoms with Crippen molar-refractivity contribution in [1.82, 2.24) is 15.1 Å². The molecule has 1 fully saturated rings. The Balaban J connectivity index is 2.08. The highest BCUT2D eigenvalue weighted by Crippen LogP contribution is 2.15. The maximum absolute atomic E-state index is 12.4. The largest absolute Gasteiger partial charge is 0.347 e. The van der Waals surface area contributed by atoms with Crippen LogP contribution >= 0.6 is 11.6 Å². The number of hydrogen-bond acceptors (Lipinski definition) is 3. The first kappa shape index (κ1) is 15.6. The van der Waals surface area contributed by atoms with E-state index in [-0.39, 0.29) is 11.9 Å². The highest BCUT2D eigenvalue weighted by molar-refractivity contribution is 6.30. The van der Waals surface area contributed by atoms with E-state index in [4.69, 9.17) is 11.6 Å². The number of nitrogens with one attached hydrogen (secondary N) is 2. The maximum Gasteiger partial charge on any atom is 0.322 e. The van der Waals surface area contributed by atoms with Gasteiger partial charge in [0.05, 0.1) is 0 Å². The molecule has 0 bridgehead atoms. The Labute approximate surface area is 129 Å². The molecule has 1 atom stereocenters. The molecule has 0 spiro atoms. The summed E-state index contributed by atoms with van der Waals surface area (Å²) in [4.78, 5) is 27.6. The lowest BCUT2D eigenvalue weighted by atomic mass is 10.2. The summed E-state index contributed by atoms with van der Waals surface area (Å²) in [5.74, 6) is -0.0894. The van der Waals surface area contributed by atoms with E-state index in [9.17, 15) is 9.59 Å². The van der Waals surface area contributed by atoms with Crippen molar-refractivity contribution in [3.05, 3.63) is 29.3 Å². The van der Waals surface area contributed by atoms with Crippen molar-refractivity contribution in [1.29, 1.82) is 0 Å². The van der Waals surface area contributed by atoms with E-state index in [2.05, 4.69) is 10.6 Å². The third-order valence-electron chi connectivity index (χ3n) is 3.33. The summed E-state index contributed by atoms with van der Waals surface area (Å²) in [6, 6.07) is 6.10. The predicted molar refractivity (Wildman–Crippen MR) is 82.5 cm³/mol. The second-order valence-electron chi connectivity index (χ2n) is 5.08. The van der Waals surface area contributed by atoms with E-state index in [0.717, 1.165) is 0 Å². The lowest BCUT2D eigenvalue weighted by molar-refractivity contribution is -0.133. The number of piperazine rings is 1. The molecule has 2 rings (SSSR count). The van der Waals surface area contributed by atoms with Crippen LogP contribution in [-0.2, 0) is 4.79 Å². The van der Waals surface area contributed by atoms with Crippen molar-refractivity contribution in [2.45, 2.75) is 6.04 Å². The summed E-state index contributed by atoms with van der Waals surface area (Å²) in [6.45, 7) is 1.62. The molecule has 114 valence electrons. The van der Waals surface area contributed by atoms with Crippen molar-refractivity contribution in [2.75, 3.05) is 39.0 Å². The lowest BCUT2D eigenvalue weighted by Crippen LogP contribution is -2.60. The van der Waals surface area contributed by atoms with Crippen LogP contribution in [0.15, 0.2) is 24.3 Å². The lowest BCUT2D eigenvalue weighted by Gasteiger charge is -2.36. The fraction of sp³-hybridized carbons (Fsp3) is 0.429. The van der Waals surface area contributed by atoms with E-state index in [1.807, 2.05) is 0 Å². The fourth-order valence-corrected chi connectivity index (χ4v) is 2.32. The monoisotopic (exact) mass is 310 g/mol. The van der Waals surface area contributed by atoms with Crippen LogP contribution in [0, 0.1) is 0 Å². The molecule has 1 aliphatic heterocycles. The van der Waals surface area contributed by atoms with Gasteiger partial charge in [0.25, 0.3) is 0 Å². The molecule has 21 heavy (non-hydrogen) atoms. The van der Waals surface area contributed by atoms with Crippen molar-refractivity contribution >= 4 is 29.2 Å². The Bertz CT molecular complexity index is 518. The first-order chi connectivity index (χ1) is 9.99. The molecule has 1 aliphatic rings. The first-order valence-corrected chi connectivity index (χ1v) is 7.12. The van der Waals surface area contributed by atoms with Gasteiger partial charge in [-0.3, -0.25) is 4.79 Å². The van der Waals surface area contributed by atoms with Crippen molar-refractivity contribution in [2.24, 2.45) is 0 Å². The van der Waals surface area contributed by atoms with Crippen LogP contribution in [-0.4, -0.2) is 61.5 Å². The van der Waals surface area contributed by atoms with Gasteiger partial charge < -0.3 is 20.4 Å². The van der Waals surface area contributed by atoms with Gasteiger partial charge in [-0.05, 0) is 24.3 Å². The van der Waals surface area contributed by atoms with Gasteiger partial charge in [0, 0.05) is 44.4 Å². The van der Waals surface area contributed by atoms with Gasteiger partial charge in [0.2, 0.25) is 5.91 Å². The Morgan fingerprint density at radius 2 is 2.00 bits per heavy atom. The van der Waals surface area contributed by atoms with E-state index >= 15 is 0 Å². The molecule has 2 N–H and O–H groups in total. The number of anilines is 1. The van der Waals surface area contributed by atoms with Gasteiger partial charge in [-0.25, -0.2) is 4.79 Å². The minimum absolute atomic E-state index is 0.0894. The van der Waals surface area contributed by atoms with Crippen molar-refractivity contribution in [3.8, 4) is 0 Å². The predicted octanol–water partition coefficient (Wildman–Crippen LogP) is 1.23. The average molecular weight is 311 g/mol. The van der Waals surface area contributed by atoms with Crippen molar-refractivity contribution in [3.63, 3.8) is 0 Å². The quantitative estimate of drug-likeness (QED) is 0.863. The first-order valence-electron chi connectivity index (χ1n) is 6.74. The van der Waals surface area contributed by atoms with Crippen LogP contribution < -0.4 is 10.6 Å². The molecule has 7 heteroatoms. The number of rotatable bonds is 2. The zero-order chi connectivity index (χ0) is 15.4. The summed E-state index contributed by atoms with van der Waals surface area (Å²) in [5, 5.41) is 6.54. The molecule has 1 aromatic rings. The summed E-state index contributed by atoms with van der Waals surface area (Å²) in [7, 11) is 3.37. The second kappa shape index (κ2) is 6.78. The van der Waals surface area contributed by atoms with Crippen LogP contribution in [0.4, 0.5) is 10.5 Å². The molecule has 1 saturated heterocycles. The Hall–Kier alpha value is -1.79. The third kappa shape index (κ3) is 3.86. The normalized spacial score (nSPS) is 18.2. The third-order valence-corrected chi connectivity index (χ3v) is 3.58. The number of likely N-dealkylation sites (N-methyl/N-ethyl adjacent to an activating group) is 1. The standard InChI is InChI=1S/C14H19ClN4O2/c1-18(2)13(20)12-9-16-7-8-19(12)14(21)17-11-5-3-10(15)4-6-11/h3-6,12,16H,7-9H2,1-2H3,(H,17,21). The number of urea groups is 1. The summed E-state index contributed by atoms with van der Waals surface area (Å²) >= 11 is 5.81. The summed E-state index contributed by atoms with van der Waals surface area (Å²) < 4.78 is 0. The number of amides is 3. The molecule has 1 aromatic carbocycles. The van der Waals surface area contributed by atoms with Crippen LogP contribution in [0.25, 0.3) is 0 Å². The van der Waals surface area contributed by atoms with E-state index < -0.39 is 6.04 Å². The van der Waals surface area contributed by atoms with Gasteiger partial charge in [-0.2, -0.15) is 0 Å². The number of hydrogen-bond donors (Lipinski definition) is 2. The van der Waals surface area contributed by atoms with Crippen molar-refractivity contribution < 1.29 is 9.59 Å². The highest BCUT2D eigenvalue weighted by atomic mass is 35.5. The molecule has 0 saturated carbocycles. The molecule has 1 unspecified atom stereocenters. The molecular formula is C14H19ClN4O2. The molecule has 6 nitrogen and oxygen atoms in total. The number of carbonyl (C=O) groups excluding carboxylic acids is 2. The average Bonchev–Trinajstić information content (AvgIpc) is 2.48. The number of halogens is 1. The van der Waals surface area contributed by atoms with E-state index in [1.165, 1.54) is 4.90 Å². The highest BCUT2D eigenvalue weighted by Gasteiger charge is 2.32. The van der Waals surface area contributed by atoms with E-state index in [0.29, 0.717) is 30.3 Å². The number of carbonyl (C=O) groups is 2. The molecule has 0 aliphatic carbocycles. The van der Waals surface area contributed by atoms with Gasteiger partial charge in [-0.1, -0.05) is 11.6 Å². The summed E-state index contributed by atoms with van der Waals surface area (Å²) in [6.07, 6.45) is 0. The Morgan fingerprint density at radius 3 is 2.62 bits per heavy atom. The zero-order valence-corrected chi connectivity index (χ0v) is 12.9. The molecular weight excluding hydrogens is 292 g/mol. The van der Waals surface area contributed by atoms with Gasteiger partial charge in [-0.15, -0.1) is 0 Å². The number of nitrogens with zero attached hydrogens (tertiary/aromatic N) is 2. The van der Waals surface area contributed by atoms with Crippen LogP contribution in [0.2, 0.25) is 5.02 Å². The second-order valence-corrected chi connectivity index (χ2v) is 5.52. The van der Waals surface area contributed by atoms with Crippen LogP contribution in [0.5, 0.6) is 0 Å². The van der Waals surface area contributed by atoms with Gasteiger partial charge >= 0.3 is 6.03 Å². The Morgan fingerprint density at radius 1 is 1.33 bits per heavy atom. The number of benzene rings is 1. The van der Waals surface area contributed by atoms with E-state index in [1.54, 1.807) is 43.3 Å². The SMILES string of the molecule is CN(C)C(=O)C1CNCCN1C(=O)Nc1ccc(Cl)cc1. The molecule has 3 amide bonds. The zero-order valence-electron chi connectivity index (χ0n) is 12.1. The van der Waals surface area contributed by atoms with Gasteiger partial charge in [0.15, 0.2) is 0 Å². The smallest absolute Gasteiger partial charge is 0.322 e. The minimum atomic E-state index is -0.485. The van der Waals surface area contributed by atoms with Crippen LogP contribution in [0.3, 0.4) is 0 Å². The molecule has 1 heterocycles. The van der Waals surface area contributed by atoms with Gasteiger partial charge in [0.1, 0.15) is 6.04 Å². The fourth-order valence-electron chi connectivity index (χ4n) is 2.19. The molecule has 0 aromatic heterocycles. The van der Waals surface area contributed by atoms with Crippen LogP contribution in [0.1, 0.15) is 0 Å². The Kier molecular flexibility index (Phi) is 5.03. The summed E-state index contributed by atoms with van der Waals surface area (Å²) in [5.41, 5.74) is 0.652. The topological polar surface area (TPSA) is 64.7 Å². The maximum atomic E-state index is 12.4.